The highest BCUT2D eigenvalue weighted by Crippen LogP contribution is 2.31. The van der Waals surface area contributed by atoms with E-state index in [-0.39, 0.29) is 12.3 Å². The van der Waals surface area contributed by atoms with Crippen LogP contribution < -0.4 is 14.8 Å². The fourth-order valence-corrected chi connectivity index (χ4v) is 2.96. The van der Waals surface area contributed by atoms with Gasteiger partial charge in [0.2, 0.25) is 5.91 Å². The summed E-state index contributed by atoms with van der Waals surface area (Å²) in [6, 6.07) is 6.59. The Morgan fingerprint density at radius 3 is 2.54 bits per heavy atom. The van der Waals surface area contributed by atoms with Crippen LogP contribution in [0.4, 0.5) is 0 Å². The van der Waals surface area contributed by atoms with Crippen molar-refractivity contribution in [1.82, 2.24) is 5.32 Å². The number of benzene rings is 1. The fraction of sp³-hybridized carbons (Fsp3) is 0.263. The maximum Gasteiger partial charge on any atom is 0.307 e. The molecule has 2 rings (SSSR count). The highest BCUT2D eigenvalue weighted by molar-refractivity contribution is 7.08. The molecule has 0 saturated carbocycles. The van der Waals surface area contributed by atoms with E-state index in [1.54, 1.807) is 42.7 Å². The summed E-state index contributed by atoms with van der Waals surface area (Å²) in [7, 11) is 4.38. The lowest BCUT2D eigenvalue weighted by molar-refractivity contribution is -0.141. The molecule has 1 unspecified atom stereocenters. The van der Waals surface area contributed by atoms with Crippen LogP contribution in [0.5, 0.6) is 11.5 Å². The largest absolute Gasteiger partial charge is 0.493 e. The normalized spacial score (nSPS) is 11.8. The summed E-state index contributed by atoms with van der Waals surface area (Å²) in [5.41, 5.74) is 1.66. The minimum Gasteiger partial charge on any atom is -0.493 e. The number of hydrogen-bond donors (Lipinski definition) is 1. The van der Waals surface area contributed by atoms with E-state index in [9.17, 15) is 9.59 Å². The van der Waals surface area contributed by atoms with Gasteiger partial charge in [0.25, 0.3) is 0 Å². The summed E-state index contributed by atoms with van der Waals surface area (Å²) < 4.78 is 15.3. The van der Waals surface area contributed by atoms with Crippen LogP contribution in [0.25, 0.3) is 6.08 Å². The fourth-order valence-electron chi connectivity index (χ4n) is 2.33. The van der Waals surface area contributed by atoms with Crippen LogP contribution in [0.15, 0.2) is 41.1 Å². The molecule has 1 aromatic heterocycles. The zero-order chi connectivity index (χ0) is 18.9. The molecule has 0 aliphatic carbocycles. The number of hydrogen-bond acceptors (Lipinski definition) is 6. The van der Waals surface area contributed by atoms with Crippen molar-refractivity contribution in [3.8, 4) is 11.5 Å². The summed E-state index contributed by atoms with van der Waals surface area (Å²) in [4.78, 5) is 24.0. The van der Waals surface area contributed by atoms with Crippen molar-refractivity contribution in [1.29, 1.82) is 0 Å². The lowest BCUT2D eigenvalue weighted by Gasteiger charge is -2.19. The number of ether oxygens (including phenoxy) is 3. The molecule has 1 aromatic carbocycles. The second-order valence-electron chi connectivity index (χ2n) is 5.35. The molecule has 1 N–H and O–H groups in total. The molecule has 7 heteroatoms. The smallest absolute Gasteiger partial charge is 0.307 e. The Hall–Kier alpha value is -2.80. The van der Waals surface area contributed by atoms with Gasteiger partial charge in [0, 0.05) is 6.08 Å². The van der Waals surface area contributed by atoms with E-state index >= 15 is 0 Å². The summed E-state index contributed by atoms with van der Waals surface area (Å²) in [6.45, 7) is 0. The third kappa shape index (κ3) is 5.35. The summed E-state index contributed by atoms with van der Waals surface area (Å²) in [6.07, 6.45) is 3.16. The Kier molecular flexibility index (Phi) is 7.23. The van der Waals surface area contributed by atoms with Gasteiger partial charge in [0.05, 0.1) is 33.8 Å². The minimum atomic E-state index is -0.554. The van der Waals surface area contributed by atoms with Crippen LogP contribution in [0.3, 0.4) is 0 Å². The van der Waals surface area contributed by atoms with E-state index in [0.717, 1.165) is 5.56 Å². The monoisotopic (exact) mass is 375 g/mol. The van der Waals surface area contributed by atoms with Crippen LogP contribution in [-0.4, -0.2) is 33.2 Å². The number of nitrogens with one attached hydrogen (secondary N) is 1. The minimum absolute atomic E-state index is 0.00398. The van der Waals surface area contributed by atoms with Crippen molar-refractivity contribution >= 4 is 29.3 Å². The van der Waals surface area contributed by atoms with Gasteiger partial charge in [-0.3, -0.25) is 9.59 Å². The zero-order valence-electron chi connectivity index (χ0n) is 14.9. The highest BCUT2D eigenvalue weighted by Gasteiger charge is 2.20. The van der Waals surface area contributed by atoms with Gasteiger partial charge < -0.3 is 19.5 Å². The Morgan fingerprint density at radius 1 is 1.15 bits per heavy atom. The number of methoxy groups -OCH3 is 3. The highest BCUT2D eigenvalue weighted by atomic mass is 32.1. The molecule has 0 fully saturated rings. The lowest BCUT2D eigenvalue weighted by atomic mass is 10.0. The number of esters is 1. The molecular weight excluding hydrogens is 354 g/mol. The van der Waals surface area contributed by atoms with E-state index in [2.05, 4.69) is 5.32 Å². The van der Waals surface area contributed by atoms with E-state index in [1.807, 2.05) is 16.8 Å². The standard InChI is InChI=1S/C19H21NO5S/c1-23-16-6-5-14(10-17(16)24-2)15(11-19(22)25-3)20-18(21)7-4-13-8-9-26-12-13/h4-10,12,15H,11H2,1-3H3,(H,20,21). The van der Waals surface area contributed by atoms with Gasteiger partial charge in [-0.05, 0) is 46.2 Å². The molecule has 0 radical (unpaired) electrons. The third-order valence-electron chi connectivity index (χ3n) is 3.70. The molecular formula is C19H21NO5S. The SMILES string of the molecule is COC(=O)CC(NC(=O)C=Cc1ccsc1)c1ccc(OC)c(OC)c1. The summed E-state index contributed by atoms with van der Waals surface area (Å²) >= 11 is 1.55. The van der Waals surface area contributed by atoms with Gasteiger partial charge >= 0.3 is 5.97 Å². The van der Waals surface area contributed by atoms with E-state index in [4.69, 9.17) is 14.2 Å². The van der Waals surface area contributed by atoms with Crippen LogP contribution in [0.2, 0.25) is 0 Å². The second kappa shape index (κ2) is 9.62. The topological polar surface area (TPSA) is 73.9 Å². The van der Waals surface area contributed by atoms with Crippen LogP contribution in [-0.2, 0) is 14.3 Å². The van der Waals surface area contributed by atoms with Crippen LogP contribution in [0, 0.1) is 0 Å². The first kappa shape index (κ1) is 19.5. The molecule has 0 saturated heterocycles. The van der Waals surface area contributed by atoms with Gasteiger partial charge in [-0.25, -0.2) is 0 Å². The quantitative estimate of drug-likeness (QED) is 0.567. The molecule has 1 amide bonds. The predicted octanol–water partition coefficient (Wildman–Crippen LogP) is 3.20. The summed E-state index contributed by atoms with van der Waals surface area (Å²) in [5.74, 6) is 0.353. The van der Waals surface area contributed by atoms with Gasteiger partial charge in [-0.2, -0.15) is 11.3 Å². The summed E-state index contributed by atoms with van der Waals surface area (Å²) in [5, 5.41) is 6.70. The Morgan fingerprint density at radius 2 is 1.92 bits per heavy atom. The third-order valence-corrected chi connectivity index (χ3v) is 4.40. The molecule has 0 bridgehead atoms. The molecule has 2 aromatic rings. The molecule has 0 spiro atoms. The number of amides is 1. The molecule has 0 aliphatic rings. The Labute approximate surface area is 156 Å². The molecule has 1 atom stereocenters. The van der Waals surface area contributed by atoms with Crippen molar-refractivity contribution in [2.24, 2.45) is 0 Å². The van der Waals surface area contributed by atoms with E-state index < -0.39 is 12.0 Å². The number of carbonyl (C=O) groups is 2. The molecule has 138 valence electrons. The first-order valence-electron chi connectivity index (χ1n) is 7.87. The number of rotatable bonds is 8. The second-order valence-corrected chi connectivity index (χ2v) is 6.13. The molecule has 1 heterocycles. The van der Waals surface area contributed by atoms with Crippen molar-refractivity contribution in [2.45, 2.75) is 12.5 Å². The van der Waals surface area contributed by atoms with E-state index in [0.29, 0.717) is 17.1 Å². The first-order valence-corrected chi connectivity index (χ1v) is 8.81. The van der Waals surface area contributed by atoms with Gasteiger partial charge in [0.1, 0.15) is 0 Å². The predicted molar refractivity (Wildman–Crippen MR) is 100 cm³/mol. The van der Waals surface area contributed by atoms with E-state index in [1.165, 1.54) is 20.3 Å². The van der Waals surface area contributed by atoms with Crippen molar-refractivity contribution in [3.63, 3.8) is 0 Å². The maximum absolute atomic E-state index is 12.3. The number of thiophene rings is 1. The van der Waals surface area contributed by atoms with Crippen molar-refractivity contribution in [2.75, 3.05) is 21.3 Å². The van der Waals surface area contributed by atoms with Crippen LogP contribution in [0.1, 0.15) is 23.6 Å². The Bertz CT molecular complexity index is 770. The van der Waals surface area contributed by atoms with Crippen molar-refractivity contribution < 1.29 is 23.8 Å². The van der Waals surface area contributed by atoms with Gasteiger partial charge in [0.15, 0.2) is 11.5 Å². The van der Waals surface area contributed by atoms with Crippen molar-refractivity contribution in [3.05, 3.63) is 52.2 Å². The zero-order valence-corrected chi connectivity index (χ0v) is 15.7. The lowest BCUT2D eigenvalue weighted by Crippen LogP contribution is -2.29. The molecule has 26 heavy (non-hydrogen) atoms. The van der Waals surface area contributed by atoms with Crippen LogP contribution >= 0.6 is 11.3 Å². The van der Waals surface area contributed by atoms with Gasteiger partial charge in [-0.15, -0.1) is 0 Å². The van der Waals surface area contributed by atoms with Gasteiger partial charge in [-0.1, -0.05) is 6.07 Å². The number of carbonyl (C=O) groups excluding carboxylic acids is 2. The molecule has 0 aliphatic heterocycles. The average Bonchev–Trinajstić information content (AvgIpc) is 3.18. The first-order chi connectivity index (χ1) is 12.6. The average molecular weight is 375 g/mol. The Balaban J connectivity index is 2.20. The molecule has 6 nitrogen and oxygen atoms in total. The maximum atomic E-state index is 12.3.